The third-order valence-electron chi connectivity index (χ3n) is 3.99. The van der Waals surface area contributed by atoms with Crippen LogP contribution in [0, 0.1) is 5.92 Å². The summed E-state index contributed by atoms with van der Waals surface area (Å²) in [6.45, 7) is 5.62. The number of hydrogen-bond donors (Lipinski definition) is 1. The van der Waals surface area contributed by atoms with Gasteiger partial charge in [-0.2, -0.15) is 0 Å². The van der Waals surface area contributed by atoms with Crippen LogP contribution in [0.3, 0.4) is 0 Å². The van der Waals surface area contributed by atoms with E-state index in [0.29, 0.717) is 0 Å². The Morgan fingerprint density at radius 3 is 2.64 bits per heavy atom. The molecule has 114 valence electrons. The van der Waals surface area contributed by atoms with Crippen LogP contribution in [0.2, 0.25) is 0 Å². The smallest absolute Gasteiger partial charge is 0.226 e. The van der Waals surface area contributed by atoms with Crippen LogP contribution in [-0.4, -0.2) is 17.4 Å². The van der Waals surface area contributed by atoms with Gasteiger partial charge in [-0.15, -0.1) is 0 Å². The summed E-state index contributed by atoms with van der Waals surface area (Å²) >= 11 is 0. The van der Waals surface area contributed by atoms with Gasteiger partial charge >= 0.3 is 0 Å². The first-order valence-corrected chi connectivity index (χ1v) is 7.72. The fourth-order valence-corrected chi connectivity index (χ4v) is 2.62. The molecule has 0 fully saturated rings. The van der Waals surface area contributed by atoms with Gasteiger partial charge < -0.3 is 10.2 Å². The Morgan fingerprint density at radius 2 is 1.95 bits per heavy atom. The predicted molar refractivity (Wildman–Crippen MR) is 88.9 cm³/mol. The number of aromatic nitrogens is 1. The number of anilines is 2. The Hall–Kier alpha value is -2.36. The highest BCUT2D eigenvalue weighted by molar-refractivity contribution is 5.91. The first-order valence-electron chi connectivity index (χ1n) is 7.72. The van der Waals surface area contributed by atoms with Crippen molar-refractivity contribution in [3.8, 4) is 0 Å². The molecule has 3 rings (SSSR count). The van der Waals surface area contributed by atoms with E-state index >= 15 is 0 Å². The zero-order valence-corrected chi connectivity index (χ0v) is 13.0. The Labute approximate surface area is 131 Å². The van der Waals surface area contributed by atoms with Crippen molar-refractivity contribution in [2.75, 3.05) is 16.8 Å². The molecule has 0 saturated heterocycles. The summed E-state index contributed by atoms with van der Waals surface area (Å²) < 4.78 is 0. The molecule has 0 radical (unpaired) electrons. The van der Waals surface area contributed by atoms with Crippen LogP contribution in [0.25, 0.3) is 0 Å². The molecule has 1 aliphatic heterocycles. The molecule has 1 aliphatic rings. The van der Waals surface area contributed by atoms with Gasteiger partial charge in [0.05, 0.1) is 11.9 Å². The van der Waals surface area contributed by atoms with E-state index in [-0.39, 0.29) is 11.8 Å². The van der Waals surface area contributed by atoms with Gasteiger partial charge in [0, 0.05) is 19.0 Å². The number of rotatable bonds is 3. The van der Waals surface area contributed by atoms with E-state index in [1.807, 2.05) is 26.0 Å². The summed E-state index contributed by atoms with van der Waals surface area (Å²) in [6, 6.07) is 12.5. The molecule has 0 atom stereocenters. The number of carbonyl (C=O) groups is 1. The molecular formula is C18H21N3O. The topological polar surface area (TPSA) is 45.2 Å². The summed E-state index contributed by atoms with van der Waals surface area (Å²) in [7, 11) is 0. The molecule has 1 aromatic heterocycles. The van der Waals surface area contributed by atoms with Gasteiger partial charge in [-0.05, 0) is 29.7 Å². The second kappa shape index (κ2) is 6.18. The molecule has 0 spiro atoms. The van der Waals surface area contributed by atoms with Crippen LogP contribution < -0.4 is 10.2 Å². The zero-order valence-electron chi connectivity index (χ0n) is 13.0. The lowest BCUT2D eigenvalue weighted by Crippen LogP contribution is -2.30. The van der Waals surface area contributed by atoms with E-state index < -0.39 is 0 Å². The standard InChI is InChI=1S/C18H21N3O/c1-13(2)18(22)20-16-7-8-17(19-11-16)21-10-9-14-5-3-4-6-15(14)12-21/h3-8,11,13H,9-10,12H2,1-2H3,(H,20,22). The summed E-state index contributed by atoms with van der Waals surface area (Å²) in [6.07, 6.45) is 2.78. The fourth-order valence-electron chi connectivity index (χ4n) is 2.62. The minimum absolute atomic E-state index is 0.0152. The Kier molecular flexibility index (Phi) is 4.09. The summed E-state index contributed by atoms with van der Waals surface area (Å²) in [5.41, 5.74) is 3.55. The average molecular weight is 295 g/mol. The van der Waals surface area contributed by atoms with E-state index in [4.69, 9.17) is 0 Å². The molecule has 0 bridgehead atoms. The zero-order chi connectivity index (χ0) is 15.5. The SMILES string of the molecule is CC(C)C(=O)Nc1ccc(N2CCc3ccccc3C2)nc1. The van der Waals surface area contributed by atoms with Crippen molar-refractivity contribution in [1.29, 1.82) is 0 Å². The molecule has 0 saturated carbocycles. The molecule has 1 aromatic carbocycles. The maximum Gasteiger partial charge on any atom is 0.226 e. The number of hydrogen-bond acceptors (Lipinski definition) is 3. The Morgan fingerprint density at radius 1 is 1.18 bits per heavy atom. The van der Waals surface area contributed by atoms with Crippen LogP contribution in [-0.2, 0) is 17.8 Å². The molecule has 2 heterocycles. The van der Waals surface area contributed by atoms with Gasteiger partial charge in [0.1, 0.15) is 5.82 Å². The van der Waals surface area contributed by atoms with Crippen molar-refractivity contribution in [1.82, 2.24) is 4.98 Å². The van der Waals surface area contributed by atoms with Gasteiger partial charge in [0.15, 0.2) is 0 Å². The quantitative estimate of drug-likeness (QED) is 0.945. The number of nitrogens with zero attached hydrogens (tertiary/aromatic N) is 2. The molecule has 0 aliphatic carbocycles. The third-order valence-corrected chi connectivity index (χ3v) is 3.99. The van der Waals surface area contributed by atoms with Gasteiger partial charge in [-0.3, -0.25) is 4.79 Å². The number of nitrogens with one attached hydrogen (secondary N) is 1. The van der Waals surface area contributed by atoms with E-state index in [1.54, 1.807) is 6.20 Å². The van der Waals surface area contributed by atoms with Crippen LogP contribution in [0.5, 0.6) is 0 Å². The van der Waals surface area contributed by atoms with E-state index in [2.05, 4.69) is 39.5 Å². The number of carbonyl (C=O) groups excluding carboxylic acids is 1. The number of pyridine rings is 1. The normalized spacial score (nSPS) is 13.9. The molecule has 4 heteroatoms. The van der Waals surface area contributed by atoms with Crippen molar-refractivity contribution < 1.29 is 4.79 Å². The highest BCUT2D eigenvalue weighted by Gasteiger charge is 2.17. The van der Waals surface area contributed by atoms with Crippen molar-refractivity contribution in [3.63, 3.8) is 0 Å². The van der Waals surface area contributed by atoms with E-state index in [0.717, 1.165) is 31.0 Å². The molecule has 22 heavy (non-hydrogen) atoms. The van der Waals surface area contributed by atoms with Crippen LogP contribution in [0.15, 0.2) is 42.6 Å². The number of amides is 1. The van der Waals surface area contributed by atoms with Gasteiger partial charge in [0.2, 0.25) is 5.91 Å². The van der Waals surface area contributed by atoms with Crippen molar-refractivity contribution in [2.24, 2.45) is 5.92 Å². The van der Waals surface area contributed by atoms with E-state index in [9.17, 15) is 4.79 Å². The van der Waals surface area contributed by atoms with Crippen molar-refractivity contribution >= 4 is 17.4 Å². The van der Waals surface area contributed by atoms with Gasteiger partial charge in [-0.1, -0.05) is 38.1 Å². The monoisotopic (exact) mass is 295 g/mol. The largest absolute Gasteiger partial charge is 0.352 e. The molecular weight excluding hydrogens is 274 g/mol. The molecule has 0 unspecified atom stereocenters. The second-order valence-corrected chi connectivity index (χ2v) is 5.99. The first-order chi connectivity index (χ1) is 10.6. The molecule has 1 amide bonds. The maximum absolute atomic E-state index is 11.7. The lowest BCUT2D eigenvalue weighted by molar-refractivity contribution is -0.118. The summed E-state index contributed by atoms with van der Waals surface area (Å²) in [5.74, 6) is 0.941. The lowest BCUT2D eigenvalue weighted by Gasteiger charge is -2.29. The third kappa shape index (κ3) is 3.11. The minimum atomic E-state index is -0.0294. The predicted octanol–water partition coefficient (Wildman–Crippen LogP) is 3.24. The molecule has 2 aromatic rings. The van der Waals surface area contributed by atoms with Crippen LogP contribution in [0.1, 0.15) is 25.0 Å². The van der Waals surface area contributed by atoms with Crippen molar-refractivity contribution in [3.05, 3.63) is 53.7 Å². The Balaban J connectivity index is 1.70. The highest BCUT2D eigenvalue weighted by atomic mass is 16.1. The lowest BCUT2D eigenvalue weighted by atomic mass is 10.00. The Bertz CT molecular complexity index is 664. The van der Waals surface area contributed by atoms with Crippen LogP contribution in [0.4, 0.5) is 11.5 Å². The summed E-state index contributed by atoms with van der Waals surface area (Å²) in [5, 5.41) is 2.87. The first kappa shape index (κ1) is 14.6. The fraction of sp³-hybridized carbons (Fsp3) is 0.333. The highest BCUT2D eigenvalue weighted by Crippen LogP contribution is 2.23. The summed E-state index contributed by atoms with van der Waals surface area (Å²) in [4.78, 5) is 18.5. The second-order valence-electron chi connectivity index (χ2n) is 5.99. The van der Waals surface area contributed by atoms with E-state index in [1.165, 1.54) is 11.1 Å². The average Bonchev–Trinajstić information content (AvgIpc) is 2.55. The van der Waals surface area contributed by atoms with Crippen molar-refractivity contribution in [2.45, 2.75) is 26.8 Å². The molecule has 1 N–H and O–H groups in total. The van der Waals surface area contributed by atoms with Gasteiger partial charge in [-0.25, -0.2) is 4.98 Å². The van der Waals surface area contributed by atoms with Crippen LogP contribution >= 0.6 is 0 Å². The number of benzene rings is 1. The molecule has 4 nitrogen and oxygen atoms in total. The minimum Gasteiger partial charge on any atom is -0.352 e. The number of fused-ring (bicyclic) bond motifs is 1. The maximum atomic E-state index is 11.7. The van der Waals surface area contributed by atoms with Gasteiger partial charge in [0.25, 0.3) is 0 Å².